The number of piperazine rings is 1. The summed E-state index contributed by atoms with van der Waals surface area (Å²) >= 11 is 1.43. The number of rotatable bonds is 6. The van der Waals surface area contributed by atoms with Crippen LogP contribution in [-0.4, -0.2) is 70.4 Å². The van der Waals surface area contributed by atoms with Crippen molar-refractivity contribution in [2.75, 3.05) is 44.2 Å². The molecule has 5 rings (SSSR count). The van der Waals surface area contributed by atoms with Crippen molar-refractivity contribution >= 4 is 39.1 Å². The third-order valence-electron chi connectivity index (χ3n) is 6.86. The van der Waals surface area contributed by atoms with E-state index in [-0.39, 0.29) is 17.4 Å². The van der Waals surface area contributed by atoms with E-state index in [1.165, 1.54) is 17.0 Å². The van der Waals surface area contributed by atoms with Crippen molar-refractivity contribution in [2.24, 2.45) is 0 Å². The van der Waals surface area contributed by atoms with Crippen LogP contribution < -0.4 is 10.5 Å². The summed E-state index contributed by atoms with van der Waals surface area (Å²) in [6, 6.07) is 10.3. The van der Waals surface area contributed by atoms with E-state index in [0.29, 0.717) is 49.2 Å². The number of amides is 2. The number of anilines is 1. The van der Waals surface area contributed by atoms with Gasteiger partial charge in [-0.05, 0) is 31.0 Å². The van der Waals surface area contributed by atoms with Crippen molar-refractivity contribution in [3.63, 3.8) is 0 Å². The molecule has 0 atom stereocenters. The zero-order valence-corrected chi connectivity index (χ0v) is 20.2. The van der Waals surface area contributed by atoms with Gasteiger partial charge in [0.2, 0.25) is 11.8 Å². The Kier molecular flexibility index (Phi) is 6.36. The molecule has 0 N–H and O–H groups in total. The van der Waals surface area contributed by atoms with E-state index >= 15 is 0 Å². The molecule has 2 aliphatic heterocycles. The van der Waals surface area contributed by atoms with Gasteiger partial charge in [0, 0.05) is 62.8 Å². The Morgan fingerprint density at radius 1 is 1.03 bits per heavy atom. The van der Waals surface area contributed by atoms with Crippen LogP contribution >= 0.6 is 11.3 Å². The van der Waals surface area contributed by atoms with E-state index in [0.717, 1.165) is 36.5 Å². The first-order valence-electron chi connectivity index (χ1n) is 11.8. The molecular formula is C25H29N5O3S. The second-order valence-corrected chi connectivity index (χ2v) is 10.0. The summed E-state index contributed by atoms with van der Waals surface area (Å²) in [5.41, 5.74) is 1.94. The number of likely N-dealkylation sites (tertiary alicyclic amines) is 1. The summed E-state index contributed by atoms with van der Waals surface area (Å²) in [7, 11) is 0. The lowest BCUT2D eigenvalue weighted by Crippen LogP contribution is -2.49. The highest BCUT2D eigenvalue weighted by Gasteiger charge is 2.24. The maximum atomic E-state index is 13.1. The molecule has 2 amide bonds. The molecule has 1 aromatic carbocycles. The van der Waals surface area contributed by atoms with Gasteiger partial charge in [-0.25, -0.2) is 4.98 Å². The standard InChI is InChI=1S/C25H29N5O3S/c1-18-20(16-22(32)29-12-10-27(11-13-29)19-6-3-2-4-7-19)34-24-23(18)25(33)30(17-26-24)15-14-28-9-5-8-21(28)31/h2-4,6-7,17H,5,8-16H2,1H3. The third-order valence-corrected chi connectivity index (χ3v) is 8.06. The van der Waals surface area contributed by atoms with Crippen LogP contribution in [0.5, 0.6) is 0 Å². The van der Waals surface area contributed by atoms with Gasteiger partial charge in [0.15, 0.2) is 0 Å². The van der Waals surface area contributed by atoms with Crippen molar-refractivity contribution in [3.8, 4) is 0 Å². The average molecular weight is 480 g/mol. The van der Waals surface area contributed by atoms with Crippen LogP contribution in [-0.2, 0) is 22.6 Å². The van der Waals surface area contributed by atoms with Crippen LogP contribution in [0, 0.1) is 6.92 Å². The quantitative estimate of drug-likeness (QED) is 0.542. The third kappa shape index (κ3) is 4.44. The lowest BCUT2D eigenvalue weighted by molar-refractivity contribution is -0.130. The summed E-state index contributed by atoms with van der Waals surface area (Å²) in [6.45, 7) is 6.63. The fourth-order valence-electron chi connectivity index (χ4n) is 4.80. The predicted molar refractivity (Wildman–Crippen MR) is 133 cm³/mol. The highest BCUT2D eigenvalue weighted by atomic mass is 32.1. The summed E-state index contributed by atoms with van der Waals surface area (Å²) < 4.78 is 1.59. The van der Waals surface area contributed by atoms with Gasteiger partial charge in [0.1, 0.15) is 4.83 Å². The van der Waals surface area contributed by atoms with Crippen molar-refractivity contribution < 1.29 is 9.59 Å². The lowest BCUT2D eigenvalue weighted by Gasteiger charge is -2.36. The number of carbonyl (C=O) groups excluding carboxylic acids is 2. The molecule has 0 spiro atoms. The lowest BCUT2D eigenvalue weighted by atomic mass is 10.1. The van der Waals surface area contributed by atoms with Gasteiger partial charge in [0.05, 0.1) is 18.1 Å². The molecule has 9 heteroatoms. The minimum Gasteiger partial charge on any atom is -0.368 e. The first-order valence-corrected chi connectivity index (χ1v) is 12.7. The number of aromatic nitrogens is 2. The Hall–Kier alpha value is -3.20. The SMILES string of the molecule is Cc1c(CC(=O)N2CCN(c3ccccc3)CC2)sc2ncn(CCN3CCCC3=O)c(=O)c12. The smallest absolute Gasteiger partial charge is 0.262 e. The number of fused-ring (bicyclic) bond motifs is 1. The number of nitrogens with zero attached hydrogens (tertiary/aromatic N) is 5. The van der Waals surface area contributed by atoms with Gasteiger partial charge < -0.3 is 14.7 Å². The van der Waals surface area contributed by atoms with Crippen molar-refractivity contribution in [1.29, 1.82) is 0 Å². The van der Waals surface area contributed by atoms with Crippen LogP contribution in [0.3, 0.4) is 0 Å². The molecule has 4 heterocycles. The Morgan fingerprint density at radius 3 is 2.50 bits per heavy atom. The summed E-state index contributed by atoms with van der Waals surface area (Å²) in [4.78, 5) is 50.1. The first kappa shape index (κ1) is 22.6. The molecule has 2 saturated heterocycles. The molecule has 8 nitrogen and oxygen atoms in total. The van der Waals surface area contributed by atoms with Crippen LogP contribution in [0.15, 0.2) is 41.5 Å². The van der Waals surface area contributed by atoms with Gasteiger partial charge in [0.25, 0.3) is 5.56 Å². The van der Waals surface area contributed by atoms with E-state index in [2.05, 4.69) is 22.0 Å². The molecule has 0 saturated carbocycles. The maximum Gasteiger partial charge on any atom is 0.262 e. The number of aryl methyl sites for hydroxylation is 1. The largest absolute Gasteiger partial charge is 0.368 e. The number of hydrogen-bond acceptors (Lipinski definition) is 6. The normalized spacial score (nSPS) is 16.6. The molecule has 0 unspecified atom stereocenters. The van der Waals surface area contributed by atoms with Gasteiger partial charge in [-0.15, -0.1) is 11.3 Å². The molecule has 34 heavy (non-hydrogen) atoms. The number of carbonyl (C=O) groups is 2. The molecule has 2 aliphatic rings. The van der Waals surface area contributed by atoms with E-state index in [4.69, 9.17) is 0 Å². The molecule has 0 radical (unpaired) electrons. The number of hydrogen-bond donors (Lipinski definition) is 0. The highest BCUT2D eigenvalue weighted by Crippen LogP contribution is 2.28. The van der Waals surface area contributed by atoms with E-state index in [1.54, 1.807) is 15.8 Å². The Bertz CT molecular complexity index is 1260. The Labute approximate surface area is 202 Å². The maximum absolute atomic E-state index is 13.1. The van der Waals surface area contributed by atoms with Crippen molar-refractivity contribution in [3.05, 3.63) is 57.5 Å². The summed E-state index contributed by atoms with van der Waals surface area (Å²) in [5, 5.41) is 0.594. The molecule has 178 valence electrons. The molecule has 2 fully saturated rings. The topological polar surface area (TPSA) is 78.8 Å². The Morgan fingerprint density at radius 2 is 1.79 bits per heavy atom. The molecular weight excluding hydrogens is 450 g/mol. The van der Waals surface area contributed by atoms with E-state index < -0.39 is 0 Å². The highest BCUT2D eigenvalue weighted by molar-refractivity contribution is 7.18. The van der Waals surface area contributed by atoms with Gasteiger partial charge in [-0.3, -0.25) is 19.0 Å². The fourth-order valence-corrected chi connectivity index (χ4v) is 5.93. The monoisotopic (exact) mass is 479 g/mol. The second kappa shape index (κ2) is 9.58. The number of benzene rings is 1. The zero-order valence-electron chi connectivity index (χ0n) is 19.4. The fraction of sp³-hybridized carbons (Fsp3) is 0.440. The summed E-state index contributed by atoms with van der Waals surface area (Å²) in [5.74, 6) is 0.245. The van der Waals surface area contributed by atoms with E-state index in [1.807, 2.05) is 30.0 Å². The van der Waals surface area contributed by atoms with Crippen LogP contribution in [0.1, 0.15) is 23.3 Å². The van der Waals surface area contributed by atoms with Crippen molar-refractivity contribution in [1.82, 2.24) is 19.4 Å². The van der Waals surface area contributed by atoms with Crippen molar-refractivity contribution in [2.45, 2.75) is 32.7 Å². The van der Waals surface area contributed by atoms with E-state index in [9.17, 15) is 14.4 Å². The van der Waals surface area contributed by atoms with Crippen LogP contribution in [0.25, 0.3) is 10.2 Å². The first-order chi connectivity index (χ1) is 16.5. The summed E-state index contributed by atoms with van der Waals surface area (Å²) in [6.07, 6.45) is 3.33. The molecule has 0 bridgehead atoms. The van der Waals surface area contributed by atoms with Gasteiger partial charge in [-0.2, -0.15) is 0 Å². The minimum atomic E-state index is -0.0967. The van der Waals surface area contributed by atoms with Gasteiger partial charge in [-0.1, -0.05) is 18.2 Å². The van der Waals surface area contributed by atoms with Crippen LogP contribution in [0.4, 0.5) is 5.69 Å². The molecule has 2 aromatic heterocycles. The number of thiophene rings is 1. The molecule has 3 aromatic rings. The Balaban J connectivity index is 1.25. The number of para-hydroxylation sites is 1. The predicted octanol–water partition coefficient (Wildman–Crippen LogP) is 2.28. The second-order valence-electron chi connectivity index (χ2n) is 8.94. The minimum absolute atomic E-state index is 0.0928. The average Bonchev–Trinajstić information content (AvgIpc) is 3.42. The van der Waals surface area contributed by atoms with Gasteiger partial charge >= 0.3 is 0 Å². The zero-order chi connectivity index (χ0) is 23.7. The molecule has 0 aliphatic carbocycles. The van der Waals surface area contributed by atoms with Crippen LogP contribution in [0.2, 0.25) is 0 Å².